The second kappa shape index (κ2) is 4.80. The van der Waals surface area contributed by atoms with Crippen molar-refractivity contribution in [2.24, 2.45) is 0 Å². The summed E-state index contributed by atoms with van der Waals surface area (Å²) in [6.07, 6.45) is 3.35. The highest BCUT2D eigenvalue weighted by atomic mass is 32.1. The lowest BCUT2D eigenvalue weighted by atomic mass is 10.3. The summed E-state index contributed by atoms with van der Waals surface area (Å²) in [6.45, 7) is 2.08. The van der Waals surface area contributed by atoms with Gasteiger partial charge in [0.25, 0.3) is 0 Å². The number of aromatic nitrogens is 3. The molecule has 0 radical (unpaired) electrons. The van der Waals surface area contributed by atoms with Crippen LogP contribution in [0.3, 0.4) is 0 Å². The van der Waals surface area contributed by atoms with Gasteiger partial charge in [0.05, 0.1) is 6.61 Å². The van der Waals surface area contributed by atoms with Gasteiger partial charge >= 0.3 is 5.97 Å². The predicted molar refractivity (Wildman–Crippen MR) is 59.1 cm³/mol. The quantitative estimate of drug-likeness (QED) is 0.759. The molecule has 0 aromatic carbocycles. The molecule has 0 saturated carbocycles. The van der Waals surface area contributed by atoms with Gasteiger partial charge in [-0.25, -0.2) is 4.79 Å². The molecule has 0 aliphatic carbocycles. The van der Waals surface area contributed by atoms with Crippen molar-refractivity contribution in [1.82, 2.24) is 15.2 Å². The molecule has 0 bridgehead atoms. The van der Waals surface area contributed by atoms with Crippen LogP contribution in [-0.4, -0.2) is 27.8 Å². The number of carbonyl (C=O) groups is 1. The lowest BCUT2D eigenvalue weighted by molar-refractivity contribution is 0.0525. The van der Waals surface area contributed by atoms with Gasteiger partial charge < -0.3 is 4.74 Å². The Labute approximate surface area is 96.1 Å². The Kier molecular flexibility index (Phi) is 3.21. The summed E-state index contributed by atoms with van der Waals surface area (Å²) < 4.78 is 4.83. The van der Waals surface area contributed by atoms with Crippen molar-refractivity contribution >= 4 is 17.3 Å². The van der Waals surface area contributed by atoms with E-state index in [4.69, 9.17) is 4.74 Å². The highest BCUT2D eigenvalue weighted by Gasteiger charge is 2.14. The van der Waals surface area contributed by atoms with Crippen molar-refractivity contribution in [2.75, 3.05) is 6.61 Å². The zero-order valence-electron chi connectivity index (χ0n) is 8.58. The van der Waals surface area contributed by atoms with Gasteiger partial charge in [-0.1, -0.05) is 11.3 Å². The van der Waals surface area contributed by atoms with Crippen LogP contribution in [0.15, 0.2) is 24.5 Å². The SMILES string of the molecule is CCOC(=O)c1nnc(-c2cccnc2)s1. The van der Waals surface area contributed by atoms with Crippen LogP contribution in [-0.2, 0) is 4.74 Å². The zero-order chi connectivity index (χ0) is 11.4. The Balaban J connectivity index is 2.23. The molecule has 2 aromatic heterocycles. The Morgan fingerprint density at radius 2 is 2.38 bits per heavy atom. The van der Waals surface area contributed by atoms with E-state index in [-0.39, 0.29) is 5.01 Å². The molecule has 0 saturated heterocycles. The molecular formula is C10H9N3O2S. The highest BCUT2D eigenvalue weighted by molar-refractivity contribution is 7.16. The molecular weight excluding hydrogens is 226 g/mol. The summed E-state index contributed by atoms with van der Waals surface area (Å²) in [7, 11) is 0. The first-order valence-electron chi connectivity index (χ1n) is 4.72. The lowest BCUT2D eigenvalue weighted by Crippen LogP contribution is -2.03. The Morgan fingerprint density at radius 1 is 1.50 bits per heavy atom. The smallest absolute Gasteiger partial charge is 0.369 e. The van der Waals surface area contributed by atoms with Crippen molar-refractivity contribution in [3.8, 4) is 10.6 Å². The molecule has 16 heavy (non-hydrogen) atoms. The summed E-state index contributed by atoms with van der Waals surface area (Å²) >= 11 is 1.20. The van der Waals surface area contributed by atoms with Crippen LogP contribution in [0.2, 0.25) is 0 Å². The summed E-state index contributed by atoms with van der Waals surface area (Å²) in [5.74, 6) is -0.435. The standard InChI is InChI=1S/C10H9N3O2S/c1-2-15-10(14)9-13-12-8(16-9)7-4-3-5-11-6-7/h3-6H,2H2,1H3. The average Bonchev–Trinajstić information content (AvgIpc) is 2.80. The third kappa shape index (κ3) is 2.22. The van der Waals surface area contributed by atoms with Gasteiger partial charge in [-0.3, -0.25) is 4.98 Å². The molecule has 0 aliphatic rings. The lowest BCUT2D eigenvalue weighted by Gasteiger charge is -1.94. The fourth-order valence-electron chi connectivity index (χ4n) is 1.10. The topological polar surface area (TPSA) is 65.0 Å². The van der Waals surface area contributed by atoms with Crippen molar-refractivity contribution in [3.63, 3.8) is 0 Å². The van der Waals surface area contributed by atoms with Crippen LogP contribution >= 0.6 is 11.3 Å². The van der Waals surface area contributed by atoms with Crippen LogP contribution in [0.4, 0.5) is 0 Å². The van der Waals surface area contributed by atoms with Crippen LogP contribution in [0, 0.1) is 0 Å². The van der Waals surface area contributed by atoms with Crippen molar-refractivity contribution in [1.29, 1.82) is 0 Å². The first kappa shape index (κ1) is 10.7. The molecule has 0 atom stereocenters. The molecule has 0 fully saturated rings. The molecule has 0 amide bonds. The van der Waals surface area contributed by atoms with E-state index in [0.717, 1.165) is 5.56 Å². The van der Waals surface area contributed by atoms with E-state index in [0.29, 0.717) is 11.6 Å². The maximum Gasteiger partial charge on any atom is 0.369 e. The van der Waals surface area contributed by atoms with Crippen molar-refractivity contribution in [3.05, 3.63) is 29.5 Å². The van der Waals surface area contributed by atoms with E-state index >= 15 is 0 Å². The van der Waals surface area contributed by atoms with Crippen LogP contribution in [0.1, 0.15) is 16.7 Å². The maximum absolute atomic E-state index is 11.4. The van der Waals surface area contributed by atoms with Crippen LogP contribution < -0.4 is 0 Å². The summed E-state index contributed by atoms with van der Waals surface area (Å²) in [6, 6.07) is 3.67. The number of ether oxygens (including phenoxy) is 1. The van der Waals surface area contributed by atoms with Crippen molar-refractivity contribution in [2.45, 2.75) is 6.92 Å². The van der Waals surface area contributed by atoms with E-state index in [1.54, 1.807) is 25.4 Å². The Bertz CT molecular complexity index is 484. The third-order valence-corrected chi connectivity index (χ3v) is 2.74. The molecule has 6 heteroatoms. The number of carbonyl (C=O) groups excluding carboxylic acids is 1. The van der Waals surface area contributed by atoms with Crippen LogP contribution in [0.5, 0.6) is 0 Å². The Hall–Kier alpha value is -1.82. The minimum absolute atomic E-state index is 0.265. The fourth-order valence-corrected chi connectivity index (χ4v) is 1.83. The largest absolute Gasteiger partial charge is 0.461 e. The molecule has 0 unspecified atom stereocenters. The van der Waals surface area contributed by atoms with Crippen molar-refractivity contribution < 1.29 is 9.53 Å². The summed E-state index contributed by atoms with van der Waals surface area (Å²) in [5, 5.41) is 8.62. The average molecular weight is 235 g/mol. The molecule has 2 aromatic rings. The third-order valence-electron chi connectivity index (χ3n) is 1.78. The van der Waals surface area contributed by atoms with Gasteiger partial charge in [-0.2, -0.15) is 0 Å². The van der Waals surface area contributed by atoms with E-state index in [2.05, 4.69) is 15.2 Å². The van der Waals surface area contributed by atoms with Gasteiger partial charge in [0.15, 0.2) is 0 Å². The van der Waals surface area contributed by atoms with Gasteiger partial charge in [0, 0.05) is 18.0 Å². The molecule has 5 nitrogen and oxygen atoms in total. The number of nitrogens with zero attached hydrogens (tertiary/aromatic N) is 3. The summed E-state index contributed by atoms with van der Waals surface area (Å²) in [5.41, 5.74) is 0.843. The monoisotopic (exact) mass is 235 g/mol. The second-order valence-electron chi connectivity index (χ2n) is 2.87. The van der Waals surface area contributed by atoms with E-state index in [1.165, 1.54) is 11.3 Å². The molecule has 82 valence electrons. The van der Waals surface area contributed by atoms with E-state index in [1.807, 2.05) is 6.07 Å². The highest BCUT2D eigenvalue weighted by Crippen LogP contribution is 2.22. The minimum atomic E-state index is -0.435. The normalized spacial score (nSPS) is 10.1. The van der Waals surface area contributed by atoms with E-state index in [9.17, 15) is 4.79 Å². The number of hydrogen-bond donors (Lipinski definition) is 0. The van der Waals surface area contributed by atoms with Gasteiger partial charge in [0.2, 0.25) is 5.01 Å². The van der Waals surface area contributed by atoms with Crippen LogP contribution in [0.25, 0.3) is 10.6 Å². The number of rotatable bonds is 3. The number of pyridine rings is 1. The van der Waals surface area contributed by atoms with Gasteiger partial charge in [-0.05, 0) is 19.1 Å². The second-order valence-corrected chi connectivity index (χ2v) is 3.85. The molecule has 0 aliphatic heterocycles. The zero-order valence-corrected chi connectivity index (χ0v) is 9.40. The first-order chi connectivity index (χ1) is 7.81. The van der Waals surface area contributed by atoms with E-state index < -0.39 is 5.97 Å². The first-order valence-corrected chi connectivity index (χ1v) is 5.54. The molecule has 0 N–H and O–H groups in total. The minimum Gasteiger partial charge on any atom is -0.461 e. The molecule has 2 heterocycles. The summed E-state index contributed by atoms with van der Waals surface area (Å²) in [4.78, 5) is 15.3. The molecule has 0 spiro atoms. The molecule has 2 rings (SSSR count). The number of esters is 1. The van der Waals surface area contributed by atoms with Gasteiger partial charge in [0.1, 0.15) is 5.01 Å². The Morgan fingerprint density at radius 3 is 3.06 bits per heavy atom. The fraction of sp³-hybridized carbons (Fsp3) is 0.200. The van der Waals surface area contributed by atoms with Gasteiger partial charge in [-0.15, -0.1) is 10.2 Å². The number of hydrogen-bond acceptors (Lipinski definition) is 6. The maximum atomic E-state index is 11.4. The predicted octanol–water partition coefficient (Wildman–Crippen LogP) is 1.78.